The summed E-state index contributed by atoms with van der Waals surface area (Å²) in [5, 5.41) is 28.9. The van der Waals surface area contributed by atoms with Crippen molar-refractivity contribution < 1.29 is 19.7 Å². The maximum absolute atomic E-state index is 9.95. The lowest BCUT2D eigenvalue weighted by Gasteiger charge is -2.03. The zero-order valence-corrected chi connectivity index (χ0v) is 11.6. The lowest BCUT2D eigenvalue weighted by Crippen LogP contribution is -1.79. The van der Waals surface area contributed by atoms with Gasteiger partial charge in [0.05, 0.1) is 12.5 Å². The van der Waals surface area contributed by atoms with Gasteiger partial charge in [0.15, 0.2) is 0 Å². The van der Waals surface area contributed by atoms with Gasteiger partial charge in [-0.25, -0.2) is 0 Å². The van der Waals surface area contributed by atoms with E-state index in [0.717, 1.165) is 11.1 Å². The fourth-order valence-corrected chi connectivity index (χ4v) is 2.20. The quantitative estimate of drug-likeness (QED) is 0.632. The van der Waals surface area contributed by atoms with Crippen LogP contribution in [-0.4, -0.2) is 15.3 Å². The fourth-order valence-electron chi connectivity index (χ4n) is 2.20. The zero-order valence-electron chi connectivity index (χ0n) is 11.6. The normalized spacial score (nSPS) is 11.1. The second kappa shape index (κ2) is 5.69. The van der Waals surface area contributed by atoms with E-state index in [0.29, 0.717) is 11.1 Å². The number of rotatable bonds is 3. The first-order valence-electron chi connectivity index (χ1n) is 6.68. The summed E-state index contributed by atoms with van der Waals surface area (Å²) in [6.45, 7) is 0. The van der Waals surface area contributed by atoms with Crippen LogP contribution >= 0.6 is 0 Å². The molecule has 22 heavy (non-hydrogen) atoms. The van der Waals surface area contributed by atoms with Gasteiger partial charge in [-0.1, -0.05) is 18.2 Å². The Morgan fingerprint density at radius 2 is 1.55 bits per heavy atom. The predicted octanol–water partition coefficient (Wildman–Crippen LogP) is 4.23. The lowest BCUT2D eigenvalue weighted by atomic mass is 10.0. The molecule has 4 nitrogen and oxygen atoms in total. The van der Waals surface area contributed by atoms with Gasteiger partial charge in [-0.15, -0.1) is 0 Å². The summed E-state index contributed by atoms with van der Waals surface area (Å²) in [4.78, 5) is 0. The molecule has 4 heteroatoms. The number of hydrogen-bond donors (Lipinski definition) is 3. The molecule has 0 aliphatic carbocycles. The average Bonchev–Trinajstić information content (AvgIpc) is 2.99. The Labute approximate surface area is 127 Å². The summed E-state index contributed by atoms with van der Waals surface area (Å²) in [5.41, 5.74) is 3.10. The Bertz CT molecular complexity index is 797. The van der Waals surface area contributed by atoms with Crippen molar-refractivity contribution in [3.63, 3.8) is 0 Å². The summed E-state index contributed by atoms with van der Waals surface area (Å²) in [5.74, 6) is 0.111. The summed E-state index contributed by atoms with van der Waals surface area (Å²) in [6.07, 6.45) is 6.64. The molecule has 3 N–H and O–H groups in total. The Balaban J connectivity index is 1.94. The molecule has 0 radical (unpaired) electrons. The molecule has 0 unspecified atom stereocenters. The topological polar surface area (TPSA) is 73.8 Å². The molecule has 0 amide bonds. The standard InChI is InChI=1S/C18H14O4/c19-16-7-12(8-17(20)10-16)1-2-14-9-13(3-4-18(14)21)15-5-6-22-11-15/h1-11,19-21H/b2-1+. The molecule has 0 atom stereocenters. The molecule has 0 saturated carbocycles. The molecule has 2 aromatic carbocycles. The number of phenols is 3. The van der Waals surface area contributed by atoms with Crippen LogP contribution < -0.4 is 0 Å². The van der Waals surface area contributed by atoms with E-state index in [-0.39, 0.29) is 17.2 Å². The van der Waals surface area contributed by atoms with E-state index < -0.39 is 0 Å². The van der Waals surface area contributed by atoms with Crippen molar-refractivity contribution in [2.45, 2.75) is 0 Å². The van der Waals surface area contributed by atoms with Crippen LogP contribution in [0.15, 0.2) is 59.4 Å². The summed E-state index contributed by atoms with van der Waals surface area (Å²) in [7, 11) is 0. The molecule has 3 aromatic rings. The molecule has 0 saturated heterocycles. The van der Waals surface area contributed by atoms with E-state index in [2.05, 4.69) is 0 Å². The SMILES string of the molecule is Oc1cc(O)cc(/C=C/c2cc(-c3ccoc3)ccc2O)c1. The summed E-state index contributed by atoms with van der Waals surface area (Å²) < 4.78 is 5.06. The van der Waals surface area contributed by atoms with Crippen LogP contribution in [0.4, 0.5) is 0 Å². The van der Waals surface area contributed by atoms with Gasteiger partial charge >= 0.3 is 0 Å². The van der Waals surface area contributed by atoms with Crippen LogP contribution in [0.5, 0.6) is 17.2 Å². The molecule has 0 bridgehead atoms. The van der Waals surface area contributed by atoms with Crippen LogP contribution in [0.1, 0.15) is 11.1 Å². The predicted molar refractivity (Wildman–Crippen MR) is 84.5 cm³/mol. The first kappa shape index (κ1) is 13.8. The highest BCUT2D eigenvalue weighted by molar-refractivity contribution is 5.77. The average molecular weight is 294 g/mol. The van der Waals surface area contributed by atoms with Crippen molar-refractivity contribution in [2.75, 3.05) is 0 Å². The van der Waals surface area contributed by atoms with Crippen molar-refractivity contribution >= 4 is 12.2 Å². The van der Waals surface area contributed by atoms with Crippen LogP contribution in [-0.2, 0) is 0 Å². The molecule has 0 spiro atoms. The minimum absolute atomic E-state index is 0.0176. The highest BCUT2D eigenvalue weighted by atomic mass is 16.3. The van der Waals surface area contributed by atoms with Crippen molar-refractivity contribution in [1.82, 2.24) is 0 Å². The van der Waals surface area contributed by atoms with Gasteiger partial charge in [-0.2, -0.15) is 0 Å². The third-order valence-electron chi connectivity index (χ3n) is 3.26. The minimum Gasteiger partial charge on any atom is -0.508 e. The number of phenolic OH excluding ortho intramolecular Hbond substituents is 3. The Hall–Kier alpha value is -3.14. The Morgan fingerprint density at radius 1 is 0.773 bits per heavy atom. The van der Waals surface area contributed by atoms with Crippen LogP contribution in [0.2, 0.25) is 0 Å². The monoisotopic (exact) mass is 294 g/mol. The van der Waals surface area contributed by atoms with E-state index in [4.69, 9.17) is 4.42 Å². The van der Waals surface area contributed by atoms with Gasteiger partial charge in [0.1, 0.15) is 17.2 Å². The number of aromatic hydroxyl groups is 3. The molecule has 110 valence electrons. The van der Waals surface area contributed by atoms with Gasteiger partial charge in [-0.3, -0.25) is 0 Å². The summed E-state index contributed by atoms with van der Waals surface area (Å²) >= 11 is 0. The van der Waals surface area contributed by atoms with Crippen molar-refractivity contribution in [3.8, 4) is 28.4 Å². The minimum atomic E-state index is -0.0176. The van der Waals surface area contributed by atoms with E-state index in [1.165, 1.54) is 18.2 Å². The second-order valence-corrected chi connectivity index (χ2v) is 4.90. The highest BCUT2D eigenvalue weighted by Gasteiger charge is 2.04. The lowest BCUT2D eigenvalue weighted by molar-refractivity contribution is 0.450. The van der Waals surface area contributed by atoms with Gasteiger partial charge in [0, 0.05) is 17.2 Å². The number of benzene rings is 2. The van der Waals surface area contributed by atoms with E-state index >= 15 is 0 Å². The second-order valence-electron chi connectivity index (χ2n) is 4.90. The third-order valence-corrected chi connectivity index (χ3v) is 3.26. The molecule has 0 fully saturated rings. The van der Waals surface area contributed by atoms with Gasteiger partial charge in [0.2, 0.25) is 0 Å². The fraction of sp³-hybridized carbons (Fsp3) is 0. The number of furan rings is 1. The summed E-state index contributed by atoms with van der Waals surface area (Å²) in [6, 6.07) is 11.4. The molecular weight excluding hydrogens is 280 g/mol. The molecule has 1 heterocycles. The highest BCUT2D eigenvalue weighted by Crippen LogP contribution is 2.28. The van der Waals surface area contributed by atoms with E-state index in [9.17, 15) is 15.3 Å². The maximum Gasteiger partial charge on any atom is 0.122 e. The van der Waals surface area contributed by atoms with Crippen LogP contribution in [0.3, 0.4) is 0 Å². The molecule has 3 rings (SSSR count). The van der Waals surface area contributed by atoms with Gasteiger partial charge in [0.25, 0.3) is 0 Å². The maximum atomic E-state index is 9.95. The first-order valence-corrected chi connectivity index (χ1v) is 6.68. The van der Waals surface area contributed by atoms with Crippen molar-refractivity contribution in [2.24, 2.45) is 0 Å². The van der Waals surface area contributed by atoms with Crippen LogP contribution in [0, 0.1) is 0 Å². The third kappa shape index (κ3) is 2.96. The van der Waals surface area contributed by atoms with Crippen molar-refractivity contribution in [3.05, 3.63) is 66.1 Å². The largest absolute Gasteiger partial charge is 0.508 e. The van der Waals surface area contributed by atoms with E-state index in [1.807, 2.05) is 12.1 Å². The van der Waals surface area contributed by atoms with Gasteiger partial charge in [-0.05, 0) is 41.5 Å². The van der Waals surface area contributed by atoms with Crippen LogP contribution in [0.25, 0.3) is 23.3 Å². The molecule has 1 aromatic heterocycles. The number of hydrogen-bond acceptors (Lipinski definition) is 4. The van der Waals surface area contributed by atoms with Gasteiger partial charge < -0.3 is 19.7 Å². The Morgan fingerprint density at radius 3 is 2.23 bits per heavy atom. The van der Waals surface area contributed by atoms with Crippen molar-refractivity contribution in [1.29, 1.82) is 0 Å². The molecular formula is C18H14O4. The smallest absolute Gasteiger partial charge is 0.122 e. The Kier molecular flexibility index (Phi) is 3.58. The first-order chi connectivity index (χ1) is 10.6. The molecule has 0 aliphatic heterocycles. The molecule has 0 aliphatic rings. The van der Waals surface area contributed by atoms with E-state index in [1.54, 1.807) is 36.8 Å². The zero-order chi connectivity index (χ0) is 15.5.